The number of nitrogens with two attached hydrogens (primary N) is 1. The van der Waals surface area contributed by atoms with Crippen LogP contribution in [0.2, 0.25) is 0 Å². The fourth-order valence-corrected chi connectivity index (χ4v) is 1.95. The third kappa shape index (κ3) is 5.02. The molecule has 5 nitrogen and oxygen atoms in total. The van der Waals surface area contributed by atoms with Gasteiger partial charge in [-0.1, -0.05) is 19.8 Å². The third-order valence-corrected chi connectivity index (χ3v) is 3.09. The molecule has 0 aromatic rings. The maximum Gasteiger partial charge on any atom is 0.325 e. The largest absolute Gasteiger partial charge is 0.378 e. The van der Waals surface area contributed by atoms with E-state index in [0.717, 1.165) is 25.7 Å². The highest BCUT2D eigenvalue weighted by atomic mass is 16.7. The second kappa shape index (κ2) is 7.63. The first-order valence-corrected chi connectivity index (χ1v) is 6.41. The summed E-state index contributed by atoms with van der Waals surface area (Å²) in [5.41, 5.74) is 5.89. The van der Waals surface area contributed by atoms with Crippen molar-refractivity contribution in [3.63, 3.8) is 0 Å². The molecule has 0 amide bonds. The zero-order valence-corrected chi connectivity index (χ0v) is 10.9. The average Bonchev–Trinajstić information content (AvgIpc) is 2.32. The van der Waals surface area contributed by atoms with Crippen LogP contribution in [0.5, 0.6) is 0 Å². The molecule has 1 heterocycles. The van der Waals surface area contributed by atoms with Gasteiger partial charge in [-0.05, 0) is 12.8 Å². The molecule has 1 saturated heterocycles. The highest BCUT2D eigenvalue weighted by molar-refractivity contribution is 5.68. The maximum atomic E-state index is 11.5. The SMILES string of the molecule is CCCCCC(=O)ON1CC[C@@H](N)[C@@H](OC)C1. The second-order valence-electron chi connectivity index (χ2n) is 4.54. The van der Waals surface area contributed by atoms with Crippen LogP contribution in [0.4, 0.5) is 0 Å². The average molecular weight is 244 g/mol. The summed E-state index contributed by atoms with van der Waals surface area (Å²) < 4.78 is 5.26. The first-order valence-electron chi connectivity index (χ1n) is 6.41. The van der Waals surface area contributed by atoms with Crippen LogP contribution in [0.15, 0.2) is 0 Å². The van der Waals surface area contributed by atoms with Crippen molar-refractivity contribution in [2.75, 3.05) is 20.2 Å². The Hall–Kier alpha value is -0.650. The van der Waals surface area contributed by atoms with Gasteiger partial charge in [-0.3, -0.25) is 4.79 Å². The Bertz CT molecular complexity index is 236. The number of ether oxygens (including phenoxy) is 1. The van der Waals surface area contributed by atoms with E-state index in [1.165, 1.54) is 0 Å². The van der Waals surface area contributed by atoms with Gasteiger partial charge in [0, 0.05) is 26.1 Å². The lowest BCUT2D eigenvalue weighted by atomic mass is 10.0. The van der Waals surface area contributed by atoms with E-state index in [1.54, 1.807) is 12.2 Å². The fourth-order valence-electron chi connectivity index (χ4n) is 1.95. The minimum Gasteiger partial charge on any atom is -0.378 e. The van der Waals surface area contributed by atoms with Gasteiger partial charge in [0.15, 0.2) is 0 Å². The normalized spacial score (nSPS) is 25.8. The van der Waals surface area contributed by atoms with E-state index >= 15 is 0 Å². The molecule has 100 valence electrons. The second-order valence-corrected chi connectivity index (χ2v) is 4.54. The number of piperidine rings is 1. The van der Waals surface area contributed by atoms with Crippen LogP contribution >= 0.6 is 0 Å². The zero-order valence-electron chi connectivity index (χ0n) is 10.9. The molecule has 2 N–H and O–H groups in total. The number of nitrogens with zero attached hydrogens (tertiary/aromatic N) is 1. The van der Waals surface area contributed by atoms with Crippen molar-refractivity contribution in [3.05, 3.63) is 0 Å². The van der Waals surface area contributed by atoms with Crippen LogP contribution in [0.1, 0.15) is 39.0 Å². The summed E-state index contributed by atoms with van der Waals surface area (Å²) in [5, 5.41) is 1.67. The molecule has 1 aliphatic rings. The monoisotopic (exact) mass is 244 g/mol. The van der Waals surface area contributed by atoms with Crippen LogP contribution in [0.3, 0.4) is 0 Å². The van der Waals surface area contributed by atoms with Crippen LogP contribution in [0.25, 0.3) is 0 Å². The van der Waals surface area contributed by atoms with Crippen molar-refractivity contribution in [1.82, 2.24) is 5.06 Å². The van der Waals surface area contributed by atoms with E-state index in [9.17, 15) is 4.79 Å². The summed E-state index contributed by atoms with van der Waals surface area (Å²) in [4.78, 5) is 16.8. The lowest BCUT2D eigenvalue weighted by Crippen LogP contribution is -2.51. The first kappa shape index (κ1) is 14.4. The van der Waals surface area contributed by atoms with Crippen LogP contribution in [-0.2, 0) is 14.4 Å². The summed E-state index contributed by atoms with van der Waals surface area (Å²) in [5.74, 6) is -0.149. The standard InChI is InChI=1S/C12H24N2O3/c1-3-4-5-6-12(15)17-14-8-7-10(13)11(9-14)16-2/h10-11H,3-9,13H2,1-2H3/t10-,11+/m1/s1. The third-order valence-electron chi connectivity index (χ3n) is 3.09. The molecule has 17 heavy (non-hydrogen) atoms. The molecular weight excluding hydrogens is 220 g/mol. The molecule has 0 bridgehead atoms. The first-order chi connectivity index (χ1) is 8.17. The van der Waals surface area contributed by atoms with E-state index in [-0.39, 0.29) is 18.1 Å². The van der Waals surface area contributed by atoms with E-state index < -0.39 is 0 Å². The highest BCUT2D eigenvalue weighted by Gasteiger charge is 2.28. The topological polar surface area (TPSA) is 64.8 Å². The number of carbonyl (C=O) groups is 1. The lowest BCUT2D eigenvalue weighted by molar-refractivity contribution is -0.205. The lowest BCUT2D eigenvalue weighted by Gasteiger charge is -2.34. The zero-order chi connectivity index (χ0) is 12.7. The van der Waals surface area contributed by atoms with Crippen molar-refractivity contribution in [2.45, 2.75) is 51.2 Å². The Kier molecular flexibility index (Phi) is 6.47. The number of hydrogen-bond donors (Lipinski definition) is 1. The van der Waals surface area contributed by atoms with Gasteiger partial charge in [0.25, 0.3) is 0 Å². The fraction of sp³-hybridized carbons (Fsp3) is 0.917. The Labute approximate surface area is 103 Å². The van der Waals surface area contributed by atoms with E-state index in [0.29, 0.717) is 19.5 Å². The van der Waals surface area contributed by atoms with Crippen molar-refractivity contribution < 1.29 is 14.4 Å². The number of carbonyl (C=O) groups excluding carboxylic acids is 1. The van der Waals surface area contributed by atoms with Gasteiger partial charge < -0.3 is 15.3 Å². The Morgan fingerprint density at radius 1 is 1.47 bits per heavy atom. The van der Waals surface area contributed by atoms with Gasteiger partial charge in [-0.15, -0.1) is 5.06 Å². The van der Waals surface area contributed by atoms with E-state index in [1.807, 2.05) is 0 Å². The molecule has 5 heteroatoms. The minimum atomic E-state index is -0.149. The van der Waals surface area contributed by atoms with E-state index in [4.69, 9.17) is 15.3 Å². The molecule has 0 saturated carbocycles. The van der Waals surface area contributed by atoms with E-state index in [2.05, 4.69) is 6.92 Å². The molecule has 0 spiro atoms. The van der Waals surface area contributed by atoms with Crippen molar-refractivity contribution in [2.24, 2.45) is 5.73 Å². The number of rotatable bonds is 6. The summed E-state index contributed by atoms with van der Waals surface area (Å²) >= 11 is 0. The highest BCUT2D eigenvalue weighted by Crippen LogP contribution is 2.13. The summed E-state index contributed by atoms with van der Waals surface area (Å²) in [7, 11) is 1.64. The number of methoxy groups -OCH3 is 1. The minimum absolute atomic E-state index is 0.0371. The van der Waals surface area contributed by atoms with Gasteiger partial charge in [0.2, 0.25) is 0 Å². The smallest absolute Gasteiger partial charge is 0.325 e. The molecule has 0 radical (unpaired) electrons. The summed E-state index contributed by atoms with van der Waals surface area (Å²) in [6.45, 7) is 3.37. The number of hydroxylamine groups is 2. The molecule has 1 aliphatic heterocycles. The molecule has 0 unspecified atom stereocenters. The summed E-state index contributed by atoms with van der Waals surface area (Å²) in [6.07, 6.45) is 4.32. The van der Waals surface area contributed by atoms with Gasteiger partial charge >= 0.3 is 5.97 Å². The molecule has 0 aliphatic carbocycles. The Balaban J connectivity index is 2.24. The molecule has 1 fully saturated rings. The summed E-state index contributed by atoms with van der Waals surface area (Å²) in [6, 6.07) is 0.0371. The van der Waals surface area contributed by atoms with Crippen LogP contribution in [0, 0.1) is 0 Å². The van der Waals surface area contributed by atoms with Gasteiger partial charge in [0.05, 0.1) is 12.6 Å². The van der Waals surface area contributed by atoms with Gasteiger partial charge in [-0.25, -0.2) is 0 Å². The molecule has 0 aromatic carbocycles. The predicted octanol–water partition coefficient (Wildman–Crippen LogP) is 1.07. The quantitative estimate of drug-likeness (QED) is 0.708. The predicted molar refractivity (Wildman–Crippen MR) is 65.2 cm³/mol. The van der Waals surface area contributed by atoms with Crippen LogP contribution in [-0.4, -0.2) is 43.4 Å². The molecule has 1 rings (SSSR count). The Morgan fingerprint density at radius 3 is 2.88 bits per heavy atom. The van der Waals surface area contributed by atoms with Gasteiger partial charge in [0.1, 0.15) is 0 Å². The Morgan fingerprint density at radius 2 is 2.24 bits per heavy atom. The maximum absolute atomic E-state index is 11.5. The van der Waals surface area contributed by atoms with Gasteiger partial charge in [-0.2, -0.15) is 0 Å². The number of hydrogen-bond acceptors (Lipinski definition) is 5. The van der Waals surface area contributed by atoms with Crippen molar-refractivity contribution in [3.8, 4) is 0 Å². The molecular formula is C12H24N2O3. The molecule has 0 aromatic heterocycles. The number of unbranched alkanes of at least 4 members (excludes halogenated alkanes) is 2. The molecule has 2 atom stereocenters. The van der Waals surface area contributed by atoms with Crippen molar-refractivity contribution >= 4 is 5.97 Å². The van der Waals surface area contributed by atoms with Crippen molar-refractivity contribution in [1.29, 1.82) is 0 Å². The van der Waals surface area contributed by atoms with Crippen LogP contribution < -0.4 is 5.73 Å².